The molecular weight excluding hydrogens is 296 g/mol. The Balaban J connectivity index is 1.41. The Hall–Kier alpha value is -1.59. The molecule has 3 saturated carbocycles. The van der Waals surface area contributed by atoms with Gasteiger partial charge in [-0.25, -0.2) is 0 Å². The van der Waals surface area contributed by atoms with E-state index in [9.17, 15) is 14.4 Å². The van der Waals surface area contributed by atoms with Crippen LogP contribution in [0, 0.1) is 23.7 Å². The summed E-state index contributed by atoms with van der Waals surface area (Å²) in [5.41, 5.74) is 0. The molecule has 0 saturated heterocycles. The summed E-state index contributed by atoms with van der Waals surface area (Å²) in [6.45, 7) is 0.542. The Kier molecular flexibility index (Phi) is 4.87. The summed E-state index contributed by atoms with van der Waals surface area (Å²) >= 11 is 0. The van der Waals surface area contributed by atoms with Gasteiger partial charge in [0.05, 0.1) is 13.0 Å². The highest BCUT2D eigenvalue weighted by molar-refractivity contribution is 5.81. The zero-order chi connectivity index (χ0) is 16.4. The number of methoxy groups -OCH3 is 1. The number of fused-ring (bicyclic) bond motifs is 2. The molecule has 0 aliphatic heterocycles. The molecule has 2 N–H and O–H groups in total. The van der Waals surface area contributed by atoms with Gasteiger partial charge >= 0.3 is 5.97 Å². The van der Waals surface area contributed by atoms with E-state index in [1.165, 1.54) is 7.11 Å². The lowest BCUT2D eigenvalue weighted by molar-refractivity contribution is -0.148. The number of amides is 2. The highest BCUT2D eigenvalue weighted by Gasteiger charge is 2.51. The summed E-state index contributed by atoms with van der Waals surface area (Å²) in [6, 6.07) is -0.0743. The van der Waals surface area contributed by atoms with Crippen molar-refractivity contribution < 1.29 is 19.1 Å². The van der Waals surface area contributed by atoms with Crippen LogP contribution in [0.5, 0.6) is 0 Å². The second-order valence-corrected chi connectivity index (χ2v) is 7.14. The van der Waals surface area contributed by atoms with Gasteiger partial charge in [-0.2, -0.15) is 0 Å². The predicted molar refractivity (Wildman–Crippen MR) is 83.2 cm³/mol. The molecule has 3 aliphatic carbocycles. The van der Waals surface area contributed by atoms with Gasteiger partial charge in [-0.3, -0.25) is 14.4 Å². The Morgan fingerprint density at radius 1 is 1.09 bits per heavy atom. The van der Waals surface area contributed by atoms with Crippen LogP contribution in [0.2, 0.25) is 0 Å². The molecule has 128 valence electrons. The van der Waals surface area contributed by atoms with E-state index < -0.39 is 0 Å². The number of hydrogen-bond acceptors (Lipinski definition) is 4. The average Bonchev–Trinajstić information content (AvgIpc) is 3.21. The van der Waals surface area contributed by atoms with Crippen molar-refractivity contribution in [2.75, 3.05) is 13.7 Å². The molecule has 0 aromatic carbocycles. The molecule has 3 fully saturated rings. The molecule has 0 radical (unpaired) electrons. The topological polar surface area (TPSA) is 84.5 Å². The van der Waals surface area contributed by atoms with Crippen LogP contribution in [0.25, 0.3) is 0 Å². The van der Waals surface area contributed by atoms with Gasteiger partial charge in [0.1, 0.15) is 0 Å². The van der Waals surface area contributed by atoms with Crippen LogP contribution in [0.4, 0.5) is 0 Å². The molecule has 0 aromatic heterocycles. The first-order valence-corrected chi connectivity index (χ1v) is 8.75. The minimum absolute atomic E-state index is 0.0304. The van der Waals surface area contributed by atoms with Crippen molar-refractivity contribution in [2.45, 2.75) is 51.0 Å². The van der Waals surface area contributed by atoms with Gasteiger partial charge in [0, 0.05) is 24.9 Å². The van der Waals surface area contributed by atoms with E-state index >= 15 is 0 Å². The van der Waals surface area contributed by atoms with Crippen molar-refractivity contribution in [2.24, 2.45) is 23.7 Å². The van der Waals surface area contributed by atoms with Crippen molar-refractivity contribution >= 4 is 17.8 Å². The van der Waals surface area contributed by atoms with Crippen LogP contribution >= 0.6 is 0 Å². The monoisotopic (exact) mass is 322 g/mol. The maximum atomic E-state index is 12.1. The van der Waals surface area contributed by atoms with Gasteiger partial charge in [0.15, 0.2) is 0 Å². The molecule has 2 amide bonds. The molecule has 23 heavy (non-hydrogen) atoms. The zero-order valence-electron chi connectivity index (χ0n) is 13.7. The summed E-state index contributed by atoms with van der Waals surface area (Å²) in [5.74, 6) is 0.676. The van der Waals surface area contributed by atoms with E-state index in [4.69, 9.17) is 4.74 Å². The van der Waals surface area contributed by atoms with Crippen molar-refractivity contribution in [3.8, 4) is 0 Å². The quantitative estimate of drug-likeness (QED) is 0.541. The largest absolute Gasteiger partial charge is 0.469 e. The maximum absolute atomic E-state index is 12.1. The minimum atomic E-state index is -0.195. The second kappa shape index (κ2) is 6.89. The minimum Gasteiger partial charge on any atom is -0.469 e. The SMILES string of the molecule is COC(=O)[C@@H]1[C@H]2CC[C@@H](C2)[C@@H]1NC(=O)CCCNC(=O)C1CC1. The van der Waals surface area contributed by atoms with Crippen molar-refractivity contribution in [1.29, 1.82) is 0 Å². The molecule has 4 atom stereocenters. The highest BCUT2D eigenvalue weighted by atomic mass is 16.5. The van der Waals surface area contributed by atoms with Gasteiger partial charge in [-0.1, -0.05) is 0 Å². The smallest absolute Gasteiger partial charge is 0.311 e. The first kappa shape index (κ1) is 16.3. The van der Waals surface area contributed by atoms with E-state index in [0.717, 1.165) is 32.1 Å². The van der Waals surface area contributed by atoms with Gasteiger partial charge in [-0.15, -0.1) is 0 Å². The van der Waals surface area contributed by atoms with Crippen LogP contribution < -0.4 is 10.6 Å². The Morgan fingerprint density at radius 3 is 2.52 bits per heavy atom. The molecule has 6 heteroatoms. The van der Waals surface area contributed by atoms with E-state index in [1.807, 2.05) is 0 Å². The summed E-state index contributed by atoms with van der Waals surface area (Å²) < 4.78 is 4.91. The number of ether oxygens (including phenoxy) is 1. The number of rotatable bonds is 7. The van der Waals surface area contributed by atoms with E-state index in [-0.39, 0.29) is 35.7 Å². The van der Waals surface area contributed by atoms with Gasteiger partial charge in [0.2, 0.25) is 11.8 Å². The van der Waals surface area contributed by atoms with Gasteiger partial charge in [-0.05, 0) is 50.4 Å². The highest BCUT2D eigenvalue weighted by Crippen LogP contribution is 2.48. The standard InChI is InChI=1S/C17H26N2O4/c1-23-17(22)14-11-6-7-12(9-11)15(14)19-13(20)3-2-8-18-16(21)10-4-5-10/h10-12,14-15H,2-9H2,1H3,(H,18,21)(H,19,20)/t11-,12-,14+,15-/m0/s1. The fourth-order valence-corrected chi connectivity index (χ4v) is 4.18. The fraction of sp³-hybridized carbons (Fsp3) is 0.824. The number of nitrogens with one attached hydrogen (secondary N) is 2. The molecule has 6 nitrogen and oxygen atoms in total. The molecule has 2 bridgehead atoms. The number of esters is 1. The molecule has 0 aromatic rings. The van der Waals surface area contributed by atoms with E-state index in [1.54, 1.807) is 0 Å². The van der Waals surface area contributed by atoms with E-state index in [2.05, 4.69) is 10.6 Å². The Morgan fingerprint density at radius 2 is 1.83 bits per heavy atom. The van der Waals surface area contributed by atoms with Crippen LogP contribution in [-0.4, -0.2) is 37.5 Å². The van der Waals surface area contributed by atoms with Gasteiger partial charge in [0.25, 0.3) is 0 Å². The van der Waals surface area contributed by atoms with Crippen LogP contribution in [0.1, 0.15) is 44.9 Å². The molecule has 3 aliphatic rings. The van der Waals surface area contributed by atoms with E-state index in [0.29, 0.717) is 31.2 Å². The lowest BCUT2D eigenvalue weighted by atomic mass is 9.84. The second-order valence-electron chi connectivity index (χ2n) is 7.14. The van der Waals surface area contributed by atoms with Crippen LogP contribution in [0.15, 0.2) is 0 Å². The third kappa shape index (κ3) is 3.67. The number of carbonyl (C=O) groups excluding carboxylic acids is 3. The van der Waals surface area contributed by atoms with Crippen LogP contribution in [0.3, 0.4) is 0 Å². The Bertz CT molecular complexity index is 489. The molecule has 3 rings (SSSR count). The molecule has 0 unspecified atom stereocenters. The van der Waals surface area contributed by atoms with Crippen LogP contribution in [-0.2, 0) is 19.1 Å². The summed E-state index contributed by atoms with van der Waals surface area (Å²) in [4.78, 5) is 35.6. The van der Waals surface area contributed by atoms with Crippen molar-refractivity contribution in [1.82, 2.24) is 10.6 Å². The fourth-order valence-electron chi connectivity index (χ4n) is 4.18. The molecule has 0 spiro atoms. The number of hydrogen-bond donors (Lipinski definition) is 2. The summed E-state index contributed by atoms with van der Waals surface area (Å²) in [6.07, 6.45) is 6.16. The summed E-state index contributed by atoms with van der Waals surface area (Å²) in [7, 11) is 1.41. The normalized spacial score (nSPS) is 31.7. The summed E-state index contributed by atoms with van der Waals surface area (Å²) in [5, 5.41) is 5.91. The van der Waals surface area contributed by atoms with Crippen molar-refractivity contribution in [3.63, 3.8) is 0 Å². The predicted octanol–water partition coefficient (Wildman–Crippen LogP) is 0.997. The lowest BCUT2D eigenvalue weighted by Gasteiger charge is -2.29. The first-order chi connectivity index (χ1) is 11.1. The molecular formula is C17H26N2O4. The maximum Gasteiger partial charge on any atom is 0.311 e. The first-order valence-electron chi connectivity index (χ1n) is 8.75. The zero-order valence-corrected chi connectivity index (χ0v) is 13.7. The lowest BCUT2D eigenvalue weighted by Crippen LogP contribution is -2.47. The molecule has 0 heterocycles. The third-order valence-electron chi connectivity index (χ3n) is 5.55. The average molecular weight is 322 g/mol. The third-order valence-corrected chi connectivity index (χ3v) is 5.55. The van der Waals surface area contributed by atoms with Gasteiger partial charge < -0.3 is 15.4 Å². The number of carbonyl (C=O) groups is 3. The Labute approximate surface area is 136 Å². The van der Waals surface area contributed by atoms with Crippen molar-refractivity contribution in [3.05, 3.63) is 0 Å².